The van der Waals surface area contributed by atoms with E-state index in [4.69, 9.17) is 4.74 Å². The van der Waals surface area contributed by atoms with E-state index in [0.29, 0.717) is 30.8 Å². The number of halogens is 3. The summed E-state index contributed by atoms with van der Waals surface area (Å²) in [5.74, 6) is -0.459. The topological polar surface area (TPSA) is 38.7 Å². The number of rotatable bonds is 3. The van der Waals surface area contributed by atoms with E-state index in [1.54, 1.807) is 13.8 Å². The van der Waals surface area contributed by atoms with E-state index >= 15 is 0 Å². The fourth-order valence-electron chi connectivity index (χ4n) is 4.58. The maximum absolute atomic E-state index is 13.1. The van der Waals surface area contributed by atoms with Gasteiger partial charge in [-0.05, 0) is 36.6 Å². The third kappa shape index (κ3) is 4.15. The third-order valence-corrected chi connectivity index (χ3v) is 6.09. The molecule has 28 heavy (non-hydrogen) atoms. The van der Waals surface area contributed by atoms with Crippen LogP contribution in [0.3, 0.4) is 0 Å². The normalized spacial score (nSPS) is 23.9. The number of nitrogens with zero attached hydrogens (tertiary/aromatic N) is 2. The lowest BCUT2D eigenvalue weighted by atomic mass is 9.95. The van der Waals surface area contributed by atoms with Gasteiger partial charge >= 0.3 is 6.18 Å². The molecule has 0 aliphatic carbocycles. The second kappa shape index (κ2) is 7.95. The highest BCUT2D eigenvalue weighted by atomic mass is 19.4. The molecule has 1 aromatic carbocycles. The molecule has 2 aliphatic heterocycles. The predicted molar refractivity (Wildman–Crippen MR) is 102 cm³/mol. The molecule has 2 heterocycles. The highest BCUT2D eigenvalue weighted by Gasteiger charge is 2.41. The minimum Gasteiger partial charge on any atom is -0.375 e. The average molecular weight is 397 g/mol. The van der Waals surface area contributed by atoms with Crippen molar-refractivity contribution < 1.29 is 27.2 Å². The molecule has 0 N–H and O–H groups in total. The van der Waals surface area contributed by atoms with Crippen LogP contribution in [0.5, 0.6) is 0 Å². The van der Waals surface area contributed by atoms with E-state index in [9.17, 15) is 18.0 Å². The van der Waals surface area contributed by atoms with Crippen LogP contribution in [0.15, 0.2) is 17.1 Å². The maximum Gasteiger partial charge on any atom is 0.416 e. The van der Waals surface area contributed by atoms with Crippen LogP contribution in [-0.4, -0.2) is 55.5 Å². The Kier molecular flexibility index (Phi) is 5.96. The van der Waals surface area contributed by atoms with Crippen LogP contribution < -0.4 is 0 Å². The standard InChI is InChI=1S/C21H28F3N2O2/c1-4-15-12-16(21(22,23)24)11-14(2)19(15)20(27)25-17-13-28-10-7-18(17)26(3)8-5-6-9-26/h11-12,18H,4-10,13H2,1-3H3/q+1. The van der Waals surface area contributed by atoms with Crippen molar-refractivity contribution in [1.82, 2.24) is 0 Å². The highest BCUT2D eigenvalue weighted by molar-refractivity contribution is 6.07. The molecule has 0 spiro atoms. The minimum absolute atomic E-state index is 0.139. The molecule has 154 valence electrons. The molecular formula is C21H28F3N2O2+. The summed E-state index contributed by atoms with van der Waals surface area (Å²) in [6.07, 6.45) is -0.960. The molecule has 7 heteroatoms. The Morgan fingerprint density at radius 1 is 1.29 bits per heavy atom. The molecule has 4 nitrogen and oxygen atoms in total. The number of likely N-dealkylation sites (tertiary alicyclic amines) is 1. The molecule has 2 aliphatic rings. The Morgan fingerprint density at radius 3 is 2.57 bits per heavy atom. The summed E-state index contributed by atoms with van der Waals surface area (Å²) < 4.78 is 45.8. The summed E-state index contributed by atoms with van der Waals surface area (Å²) in [6, 6.07) is 2.25. The molecule has 0 radical (unpaired) electrons. The first kappa shape index (κ1) is 21.0. The van der Waals surface area contributed by atoms with Crippen LogP contribution in [0, 0.1) is 6.92 Å². The van der Waals surface area contributed by atoms with Gasteiger partial charge < -0.3 is 9.22 Å². The summed E-state index contributed by atoms with van der Waals surface area (Å²) >= 11 is 0. The van der Waals surface area contributed by atoms with E-state index in [2.05, 4.69) is 12.0 Å². The fourth-order valence-corrected chi connectivity index (χ4v) is 4.58. The van der Waals surface area contributed by atoms with Crippen molar-refractivity contribution in [2.45, 2.75) is 51.7 Å². The largest absolute Gasteiger partial charge is 0.416 e. The number of benzene rings is 1. The molecule has 1 aromatic rings. The molecule has 0 aromatic heterocycles. The number of aryl methyl sites for hydroxylation is 2. The number of carbonyl (C=O) groups excluding carboxylic acids is 1. The van der Waals surface area contributed by atoms with E-state index in [1.807, 2.05) is 0 Å². The van der Waals surface area contributed by atoms with Gasteiger partial charge in [0.2, 0.25) is 0 Å². The van der Waals surface area contributed by atoms with Gasteiger partial charge in [0.05, 0.1) is 38.9 Å². The number of hydrogen-bond acceptors (Lipinski definition) is 2. The van der Waals surface area contributed by atoms with Crippen molar-refractivity contribution in [3.63, 3.8) is 0 Å². The van der Waals surface area contributed by atoms with Crippen molar-refractivity contribution in [2.75, 3.05) is 33.4 Å². The zero-order valence-electron chi connectivity index (χ0n) is 16.7. The van der Waals surface area contributed by atoms with Gasteiger partial charge in [0.25, 0.3) is 5.91 Å². The lowest BCUT2D eigenvalue weighted by molar-refractivity contribution is -0.912. The molecule has 2 saturated heterocycles. The number of amides is 1. The number of aliphatic imine (C=N–C) groups is 1. The second-order valence-corrected chi connectivity index (χ2v) is 8.08. The van der Waals surface area contributed by atoms with Gasteiger partial charge in [-0.1, -0.05) is 6.92 Å². The number of alkyl halides is 3. The number of carbonyl (C=O) groups is 1. The average Bonchev–Trinajstić information content (AvgIpc) is 3.08. The van der Waals surface area contributed by atoms with Crippen molar-refractivity contribution in [1.29, 1.82) is 0 Å². The number of hydrogen-bond donors (Lipinski definition) is 0. The molecule has 3 rings (SSSR count). The highest BCUT2D eigenvalue weighted by Crippen LogP contribution is 2.33. The first-order valence-electron chi connectivity index (χ1n) is 9.90. The second-order valence-electron chi connectivity index (χ2n) is 8.08. The molecule has 1 amide bonds. The van der Waals surface area contributed by atoms with E-state index in [1.165, 1.54) is 0 Å². The third-order valence-electron chi connectivity index (χ3n) is 6.09. The Balaban J connectivity index is 1.96. The van der Waals surface area contributed by atoms with E-state index in [0.717, 1.165) is 54.7 Å². The number of ether oxygens (including phenoxy) is 1. The zero-order chi connectivity index (χ0) is 20.5. The van der Waals surface area contributed by atoms with Gasteiger partial charge in [-0.2, -0.15) is 13.2 Å². The first-order chi connectivity index (χ1) is 13.2. The van der Waals surface area contributed by atoms with Crippen molar-refractivity contribution in [2.24, 2.45) is 4.99 Å². The molecule has 1 atom stereocenters. The van der Waals surface area contributed by atoms with Crippen molar-refractivity contribution in [3.05, 3.63) is 34.4 Å². The zero-order valence-corrected chi connectivity index (χ0v) is 16.7. The quantitative estimate of drug-likeness (QED) is 0.718. The van der Waals surface area contributed by atoms with E-state index in [-0.39, 0.29) is 11.6 Å². The van der Waals surface area contributed by atoms with Crippen LogP contribution in [-0.2, 0) is 17.3 Å². The molecule has 1 unspecified atom stereocenters. The first-order valence-corrected chi connectivity index (χ1v) is 9.90. The Labute approximate surface area is 164 Å². The molecule has 2 fully saturated rings. The van der Waals surface area contributed by atoms with Crippen LogP contribution >= 0.6 is 0 Å². The Hall–Kier alpha value is -1.73. The smallest absolute Gasteiger partial charge is 0.375 e. The summed E-state index contributed by atoms with van der Waals surface area (Å²) in [4.78, 5) is 17.4. The van der Waals surface area contributed by atoms with Gasteiger partial charge in [-0.25, -0.2) is 4.99 Å². The SMILES string of the molecule is CCc1cc(C(F)(F)F)cc(C)c1C(=O)N=C1COCCC1[N+]1(C)CCCC1. The van der Waals surface area contributed by atoms with Crippen molar-refractivity contribution >= 4 is 11.6 Å². The monoisotopic (exact) mass is 397 g/mol. The van der Waals surface area contributed by atoms with Gasteiger partial charge in [0, 0.05) is 24.8 Å². The van der Waals surface area contributed by atoms with Crippen LogP contribution in [0.25, 0.3) is 0 Å². The minimum atomic E-state index is -4.43. The molecular weight excluding hydrogens is 369 g/mol. The Bertz CT molecular complexity index is 781. The molecule has 0 bridgehead atoms. The maximum atomic E-state index is 13.1. The Morgan fingerprint density at radius 2 is 1.96 bits per heavy atom. The van der Waals surface area contributed by atoms with Gasteiger partial charge in [-0.3, -0.25) is 4.79 Å². The van der Waals surface area contributed by atoms with Gasteiger partial charge in [0.15, 0.2) is 0 Å². The van der Waals surface area contributed by atoms with Gasteiger partial charge in [-0.15, -0.1) is 0 Å². The summed E-state index contributed by atoms with van der Waals surface area (Å²) in [7, 11) is 2.20. The lowest BCUT2D eigenvalue weighted by Gasteiger charge is -2.40. The van der Waals surface area contributed by atoms with Gasteiger partial charge in [0.1, 0.15) is 11.8 Å². The predicted octanol–water partition coefficient (Wildman–Crippen LogP) is 4.19. The van der Waals surface area contributed by atoms with Crippen LogP contribution in [0.2, 0.25) is 0 Å². The summed E-state index contributed by atoms with van der Waals surface area (Å²) in [5, 5.41) is 0. The fraction of sp³-hybridized carbons (Fsp3) is 0.619. The van der Waals surface area contributed by atoms with Crippen LogP contribution in [0.4, 0.5) is 13.2 Å². The lowest BCUT2D eigenvalue weighted by Crippen LogP contribution is -2.57. The van der Waals surface area contributed by atoms with E-state index < -0.39 is 17.6 Å². The van der Waals surface area contributed by atoms with Crippen molar-refractivity contribution in [3.8, 4) is 0 Å². The number of quaternary nitrogens is 1. The van der Waals surface area contributed by atoms with Crippen LogP contribution in [0.1, 0.15) is 53.2 Å². The molecule has 0 saturated carbocycles. The summed E-state index contributed by atoms with van der Waals surface area (Å²) in [6.45, 7) is 6.36. The summed E-state index contributed by atoms with van der Waals surface area (Å²) in [5.41, 5.74) is 0.992.